The highest BCUT2D eigenvalue weighted by atomic mass is 19.2. The zero-order chi connectivity index (χ0) is 12.7. The highest BCUT2D eigenvalue weighted by molar-refractivity contribution is 5.92. The van der Waals surface area contributed by atoms with Crippen LogP contribution in [-0.2, 0) is 0 Å². The standard InChI is InChI=1S/C12H8F2N4/c13-9-3-1-2-7(10(9)14)11-8-4-6(15)5-16-12(8)18-17-11/h1-5H,15H2,(H,16,17,18). The number of nitrogen functional groups attached to an aromatic ring is 1. The van der Waals surface area contributed by atoms with Gasteiger partial charge >= 0.3 is 0 Å². The molecule has 0 aliphatic rings. The zero-order valence-corrected chi connectivity index (χ0v) is 9.11. The molecular formula is C12H8F2N4. The average molecular weight is 246 g/mol. The van der Waals surface area contributed by atoms with E-state index >= 15 is 0 Å². The van der Waals surface area contributed by atoms with Crippen molar-refractivity contribution in [2.24, 2.45) is 0 Å². The first kappa shape index (κ1) is 10.6. The van der Waals surface area contributed by atoms with E-state index in [4.69, 9.17) is 5.73 Å². The Bertz CT molecular complexity index is 736. The van der Waals surface area contributed by atoms with Crippen molar-refractivity contribution < 1.29 is 8.78 Å². The van der Waals surface area contributed by atoms with Gasteiger partial charge in [0.25, 0.3) is 0 Å². The summed E-state index contributed by atoms with van der Waals surface area (Å²) in [5.74, 6) is -1.85. The molecule has 6 heteroatoms. The smallest absolute Gasteiger partial charge is 0.168 e. The van der Waals surface area contributed by atoms with Crippen LogP contribution in [0.5, 0.6) is 0 Å². The van der Waals surface area contributed by atoms with Crippen molar-refractivity contribution in [3.63, 3.8) is 0 Å². The number of fused-ring (bicyclic) bond motifs is 1. The minimum atomic E-state index is -0.937. The van der Waals surface area contributed by atoms with Gasteiger partial charge in [0.1, 0.15) is 5.69 Å². The van der Waals surface area contributed by atoms with Crippen LogP contribution in [0.2, 0.25) is 0 Å². The van der Waals surface area contributed by atoms with Crippen molar-refractivity contribution >= 4 is 16.7 Å². The molecule has 0 spiro atoms. The summed E-state index contributed by atoms with van der Waals surface area (Å²) in [4.78, 5) is 4.02. The van der Waals surface area contributed by atoms with E-state index in [1.165, 1.54) is 18.3 Å². The van der Waals surface area contributed by atoms with Crippen molar-refractivity contribution in [3.05, 3.63) is 42.1 Å². The molecule has 3 aromatic rings. The Balaban J connectivity index is 2.32. The van der Waals surface area contributed by atoms with Crippen LogP contribution in [0, 0.1) is 11.6 Å². The summed E-state index contributed by atoms with van der Waals surface area (Å²) in [6, 6.07) is 5.55. The first-order chi connectivity index (χ1) is 8.66. The lowest BCUT2D eigenvalue weighted by Crippen LogP contribution is -1.90. The van der Waals surface area contributed by atoms with E-state index in [-0.39, 0.29) is 5.56 Å². The van der Waals surface area contributed by atoms with Crippen molar-refractivity contribution in [2.45, 2.75) is 0 Å². The SMILES string of the molecule is Nc1cnc2[nH]nc(-c3cccc(F)c3F)c2c1. The minimum Gasteiger partial charge on any atom is -0.397 e. The van der Waals surface area contributed by atoms with Crippen LogP contribution in [0.15, 0.2) is 30.5 Å². The van der Waals surface area contributed by atoms with Gasteiger partial charge in [0.2, 0.25) is 0 Å². The van der Waals surface area contributed by atoms with Gasteiger partial charge in [-0.25, -0.2) is 13.8 Å². The van der Waals surface area contributed by atoms with Crippen LogP contribution in [0.1, 0.15) is 0 Å². The number of H-pyrrole nitrogens is 1. The van der Waals surface area contributed by atoms with Crippen LogP contribution in [0.4, 0.5) is 14.5 Å². The van der Waals surface area contributed by atoms with Crippen LogP contribution in [0.3, 0.4) is 0 Å². The molecule has 0 amide bonds. The van der Waals surface area contributed by atoms with Crippen molar-refractivity contribution in [3.8, 4) is 11.3 Å². The Morgan fingerprint density at radius 3 is 2.89 bits per heavy atom. The molecule has 90 valence electrons. The first-order valence-corrected chi connectivity index (χ1v) is 5.21. The molecule has 0 unspecified atom stereocenters. The maximum atomic E-state index is 13.7. The molecule has 0 saturated carbocycles. The molecule has 4 nitrogen and oxygen atoms in total. The molecule has 3 N–H and O–H groups in total. The van der Waals surface area contributed by atoms with Crippen LogP contribution < -0.4 is 5.73 Å². The number of anilines is 1. The Morgan fingerprint density at radius 1 is 1.22 bits per heavy atom. The molecule has 0 bridgehead atoms. The lowest BCUT2D eigenvalue weighted by Gasteiger charge is -2.01. The summed E-state index contributed by atoms with van der Waals surface area (Å²) >= 11 is 0. The molecule has 0 aliphatic carbocycles. The zero-order valence-electron chi connectivity index (χ0n) is 9.11. The molecule has 3 rings (SSSR count). The number of rotatable bonds is 1. The number of nitrogens with zero attached hydrogens (tertiary/aromatic N) is 2. The third-order valence-electron chi connectivity index (χ3n) is 2.64. The third kappa shape index (κ3) is 1.50. The number of aromatic nitrogens is 3. The fourth-order valence-corrected chi connectivity index (χ4v) is 1.81. The largest absolute Gasteiger partial charge is 0.397 e. The second-order valence-electron chi connectivity index (χ2n) is 3.84. The van der Waals surface area contributed by atoms with Gasteiger partial charge in [0, 0.05) is 10.9 Å². The summed E-state index contributed by atoms with van der Waals surface area (Å²) in [5, 5.41) is 7.17. The van der Waals surface area contributed by atoms with Crippen molar-refractivity contribution in [1.29, 1.82) is 0 Å². The number of benzene rings is 1. The first-order valence-electron chi connectivity index (χ1n) is 5.21. The Hall–Kier alpha value is -2.50. The van der Waals surface area contributed by atoms with E-state index in [0.29, 0.717) is 22.4 Å². The summed E-state index contributed by atoms with van der Waals surface area (Å²) in [7, 11) is 0. The molecule has 0 aliphatic heterocycles. The molecular weight excluding hydrogens is 238 g/mol. The Kier molecular flexibility index (Phi) is 2.22. The van der Waals surface area contributed by atoms with Gasteiger partial charge in [-0.15, -0.1) is 0 Å². The fourth-order valence-electron chi connectivity index (χ4n) is 1.81. The molecule has 0 fully saturated rings. The van der Waals surface area contributed by atoms with E-state index < -0.39 is 11.6 Å². The molecule has 18 heavy (non-hydrogen) atoms. The van der Waals surface area contributed by atoms with Gasteiger partial charge in [-0.2, -0.15) is 5.10 Å². The highest BCUT2D eigenvalue weighted by Crippen LogP contribution is 2.29. The van der Waals surface area contributed by atoms with E-state index in [9.17, 15) is 8.78 Å². The van der Waals surface area contributed by atoms with Crippen molar-refractivity contribution in [2.75, 3.05) is 5.73 Å². The van der Waals surface area contributed by atoms with Crippen molar-refractivity contribution in [1.82, 2.24) is 15.2 Å². The predicted molar refractivity (Wildman–Crippen MR) is 63.7 cm³/mol. The maximum Gasteiger partial charge on any atom is 0.168 e. The molecule has 1 aromatic carbocycles. The van der Waals surface area contributed by atoms with Gasteiger partial charge < -0.3 is 5.73 Å². The topological polar surface area (TPSA) is 67.6 Å². The quantitative estimate of drug-likeness (QED) is 0.693. The normalized spacial score (nSPS) is 11.0. The minimum absolute atomic E-state index is 0.0775. The summed E-state index contributed by atoms with van der Waals surface area (Å²) in [6.07, 6.45) is 1.46. The number of halogens is 2. The second-order valence-corrected chi connectivity index (χ2v) is 3.84. The van der Waals surface area contributed by atoms with Gasteiger partial charge in [0.05, 0.1) is 11.9 Å². The Labute approximate surface area is 100 Å². The number of aromatic amines is 1. The third-order valence-corrected chi connectivity index (χ3v) is 2.64. The van der Waals surface area contributed by atoms with E-state index in [2.05, 4.69) is 15.2 Å². The number of hydrogen-bond donors (Lipinski definition) is 2. The molecule has 0 saturated heterocycles. The van der Waals surface area contributed by atoms with Crippen LogP contribution in [0.25, 0.3) is 22.3 Å². The second kappa shape index (κ2) is 3.76. The van der Waals surface area contributed by atoms with Crippen LogP contribution >= 0.6 is 0 Å². The summed E-state index contributed by atoms with van der Waals surface area (Å²) in [5.41, 5.74) is 6.90. The average Bonchev–Trinajstić information content (AvgIpc) is 2.75. The lowest BCUT2D eigenvalue weighted by atomic mass is 10.1. The number of nitrogens with one attached hydrogen (secondary N) is 1. The van der Waals surface area contributed by atoms with Gasteiger partial charge in [-0.1, -0.05) is 6.07 Å². The lowest BCUT2D eigenvalue weighted by molar-refractivity contribution is 0.511. The van der Waals surface area contributed by atoms with E-state index in [1.807, 2.05) is 0 Å². The molecule has 2 aromatic heterocycles. The van der Waals surface area contributed by atoms with Gasteiger partial charge in [-0.3, -0.25) is 5.10 Å². The van der Waals surface area contributed by atoms with E-state index in [1.54, 1.807) is 6.07 Å². The number of nitrogens with two attached hydrogens (primary N) is 1. The van der Waals surface area contributed by atoms with Gasteiger partial charge in [-0.05, 0) is 18.2 Å². The van der Waals surface area contributed by atoms with E-state index in [0.717, 1.165) is 6.07 Å². The maximum absolute atomic E-state index is 13.7. The van der Waals surface area contributed by atoms with Crippen LogP contribution in [-0.4, -0.2) is 15.2 Å². The molecule has 0 atom stereocenters. The highest BCUT2D eigenvalue weighted by Gasteiger charge is 2.15. The number of pyridine rings is 1. The monoisotopic (exact) mass is 246 g/mol. The summed E-state index contributed by atoms with van der Waals surface area (Å²) in [6.45, 7) is 0. The fraction of sp³-hybridized carbons (Fsp3) is 0. The number of hydrogen-bond acceptors (Lipinski definition) is 3. The molecule has 0 radical (unpaired) electrons. The summed E-state index contributed by atoms with van der Waals surface area (Å²) < 4.78 is 26.9. The Morgan fingerprint density at radius 2 is 2.06 bits per heavy atom. The predicted octanol–water partition coefficient (Wildman–Crippen LogP) is 2.49. The molecule has 2 heterocycles. The van der Waals surface area contributed by atoms with Gasteiger partial charge in [0.15, 0.2) is 17.3 Å².